The Morgan fingerprint density at radius 1 is 1.48 bits per heavy atom. The number of hydrogen-bond donors (Lipinski definition) is 1. The maximum Gasteiger partial charge on any atom is 0.178 e. The average Bonchev–Trinajstić information content (AvgIpc) is 2.83. The monoisotopic (exact) mass is 306 g/mol. The van der Waals surface area contributed by atoms with E-state index in [9.17, 15) is 0 Å². The Hall–Kier alpha value is -1.33. The fourth-order valence-corrected chi connectivity index (χ4v) is 3.49. The maximum atomic E-state index is 5.83. The van der Waals surface area contributed by atoms with Gasteiger partial charge in [0.15, 0.2) is 4.77 Å². The van der Waals surface area contributed by atoms with Gasteiger partial charge in [-0.05, 0) is 50.5 Å². The highest BCUT2D eigenvalue weighted by atomic mass is 32.1. The summed E-state index contributed by atoms with van der Waals surface area (Å²) in [5.41, 5.74) is 2.00. The molecular weight excluding hydrogens is 284 g/mol. The highest BCUT2D eigenvalue weighted by Crippen LogP contribution is 2.33. The highest BCUT2D eigenvalue weighted by Gasteiger charge is 2.32. The number of aromatic nitrogens is 2. The van der Waals surface area contributed by atoms with Crippen LogP contribution < -0.4 is 4.74 Å². The summed E-state index contributed by atoms with van der Waals surface area (Å²) >= 11 is 5.57. The van der Waals surface area contributed by atoms with Crippen LogP contribution >= 0.6 is 12.2 Å². The molecule has 1 atom stereocenters. The van der Waals surface area contributed by atoms with Crippen molar-refractivity contribution < 1.29 is 9.47 Å². The summed E-state index contributed by atoms with van der Waals surface area (Å²) in [4.78, 5) is 3.32. The van der Waals surface area contributed by atoms with E-state index in [1.54, 1.807) is 0 Å². The molecule has 1 aliphatic rings. The number of aromatic amines is 1. The van der Waals surface area contributed by atoms with Crippen LogP contribution in [0.25, 0.3) is 11.0 Å². The highest BCUT2D eigenvalue weighted by molar-refractivity contribution is 7.71. The summed E-state index contributed by atoms with van der Waals surface area (Å²) in [5, 5.41) is 0. The third-order valence-corrected chi connectivity index (χ3v) is 4.38. The first-order valence-corrected chi connectivity index (χ1v) is 8.01. The number of rotatable bonds is 4. The molecule has 2 heterocycles. The van der Waals surface area contributed by atoms with Crippen LogP contribution in [0.3, 0.4) is 0 Å². The fraction of sp³-hybridized carbons (Fsp3) is 0.562. The van der Waals surface area contributed by atoms with Crippen molar-refractivity contribution in [3.63, 3.8) is 0 Å². The molecule has 0 aliphatic carbocycles. The molecular formula is C16H22N2O2S. The molecule has 5 heteroatoms. The van der Waals surface area contributed by atoms with Crippen LogP contribution in [0.1, 0.15) is 33.1 Å². The van der Waals surface area contributed by atoms with Gasteiger partial charge in [0.25, 0.3) is 0 Å². The molecule has 114 valence electrons. The molecule has 0 spiro atoms. The second-order valence-electron chi connectivity index (χ2n) is 5.92. The number of ether oxygens (including phenoxy) is 2. The lowest BCUT2D eigenvalue weighted by Gasteiger charge is -2.35. The first kappa shape index (κ1) is 14.6. The van der Waals surface area contributed by atoms with Gasteiger partial charge in [0.05, 0.1) is 24.3 Å². The zero-order valence-electron chi connectivity index (χ0n) is 12.6. The Balaban J connectivity index is 2.11. The minimum Gasteiger partial charge on any atom is -0.491 e. The normalized spacial score (nSPS) is 22.6. The van der Waals surface area contributed by atoms with Gasteiger partial charge in [0.2, 0.25) is 0 Å². The third-order valence-electron chi connectivity index (χ3n) is 4.10. The SMILES string of the molecule is CCCOc1cccc2c1[nH]c(=S)n2C1(C)CCCOC1. The predicted molar refractivity (Wildman–Crippen MR) is 86.6 cm³/mol. The Bertz CT molecular complexity index is 683. The second-order valence-corrected chi connectivity index (χ2v) is 6.30. The van der Waals surface area contributed by atoms with E-state index in [-0.39, 0.29) is 5.54 Å². The summed E-state index contributed by atoms with van der Waals surface area (Å²) in [6, 6.07) is 6.12. The van der Waals surface area contributed by atoms with Crippen molar-refractivity contribution in [2.75, 3.05) is 19.8 Å². The molecule has 0 radical (unpaired) electrons. The van der Waals surface area contributed by atoms with Gasteiger partial charge in [-0.2, -0.15) is 0 Å². The summed E-state index contributed by atoms with van der Waals surface area (Å²) in [6.07, 6.45) is 3.13. The molecule has 21 heavy (non-hydrogen) atoms. The van der Waals surface area contributed by atoms with Gasteiger partial charge < -0.3 is 19.0 Å². The van der Waals surface area contributed by atoms with Crippen LogP contribution in [0.5, 0.6) is 5.75 Å². The molecule has 1 unspecified atom stereocenters. The van der Waals surface area contributed by atoms with Crippen molar-refractivity contribution in [2.24, 2.45) is 0 Å². The van der Waals surface area contributed by atoms with Crippen molar-refractivity contribution in [2.45, 2.75) is 38.6 Å². The van der Waals surface area contributed by atoms with Crippen LogP contribution in [0.15, 0.2) is 18.2 Å². The molecule has 1 fully saturated rings. The van der Waals surface area contributed by atoms with Gasteiger partial charge >= 0.3 is 0 Å². The number of fused-ring (bicyclic) bond motifs is 1. The quantitative estimate of drug-likeness (QED) is 0.867. The molecule has 1 aliphatic heterocycles. The Kier molecular flexibility index (Phi) is 4.04. The number of imidazole rings is 1. The predicted octanol–water partition coefficient (Wildman–Crippen LogP) is 4.01. The number of benzene rings is 1. The molecule has 0 bridgehead atoms. The van der Waals surface area contributed by atoms with Crippen molar-refractivity contribution in [3.8, 4) is 5.75 Å². The fourth-order valence-electron chi connectivity index (χ4n) is 3.07. The van der Waals surface area contributed by atoms with E-state index >= 15 is 0 Å². The van der Waals surface area contributed by atoms with E-state index < -0.39 is 0 Å². The third kappa shape index (κ3) is 2.60. The van der Waals surface area contributed by atoms with Gasteiger partial charge in [-0.1, -0.05) is 13.0 Å². The van der Waals surface area contributed by atoms with Crippen LogP contribution in [0.4, 0.5) is 0 Å². The molecule has 0 amide bonds. The van der Waals surface area contributed by atoms with E-state index in [1.807, 2.05) is 12.1 Å². The molecule has 3 rings (SSSR count). The van der Waals surface area contributed by atoms with Crippen molar-refractivity contribution in [1.29, 1.82) is 0 Å². The Morgan fingerprint density at radius 2 is 2.33 bits per heavy atom. The number of hydrogen-bond acceptors (Lipinski definition) is 3. The average molecular weight is 306 g/mol. The Morgan fingerprint density at radius 3 is 3.05 bits per heavy atom. The molecule has 4 nitrogen and oxygen atoms in total. The van der Waals surface area contributed by atoms with Crippen LogP contribution in [-0.2, 0) is 10.3 Å². The second kappa shape index (κ2) is 5.81. The first-order valence-electron chi connectivity index (χ1n) is 7.60. The van der Waals surface area contributed by atoms with Crippen LogP contribution in [0, 0.1) is 4.77 Å². The summed E-state index contributed by atoms with van der Waals surface area (Å²) < 4.78 is 14.5. The van der Waals surface area contributed by atoms with E-state index in [2.05, 4.69) is 29.5 Å². The van der Waals surface area contributed by atoms with E-state index in [1.165, 1.54) is 0 Å². The minimum atomic E-state index is -0.0863. The summed E-state index contributed by atoms with van der Waals surface area (Å²) in [6.45, 7) is 6.58. The first-order chi connectivity index (χ1) is 10.2. The van der Waals surface area contributed by atoms with Gasteiger partial charge in [0, 0.05) is 6.61 Å². The summed E-state index contributed by atoms with van der Waals surface area (Å²) in [5.74, 6) is 0.875. The standard InChI is InChI=1S/C16H22N2O2S/c1-3-9-20-13-7-4-6-12-14(13)17-15(21)18(12)16(2)8-5-10-19-11-16/h4,6-7H,3,5,8-11H2,1-2H3,(H,17,21). The zero-order chi connectivity index (χ0) is 14.9. The molecule has 1 aromatic heterocycles. The molecule has 1 aromatic carbocycles. The molecule has 1 N–H and O–H groups in total. The van der Waals surface area contributed by atoms with Gasteiger partial charge in [0.1, 0.15) is 11.3 Å². The number of nitrogens with one attached hydrogen (secondary N) is 1. The molecule has 1 saturated heterocycles. The van der Waals surface area contributed by atoms with E-state index in [0.717, 1.165) is 47.4 Å². The van der Waals surface area contributed by atoms with Crippen molar-refractivity contribution in [1.82, 2.24) is 9.55 Å². The maximum absolute atomic E-state index is 5.83. The lowest BCUT2D eigenvalue weighted by molar-refractivity contribution is 0.0108. The van der Waals surface area contributed by atoms with Gasteiger partial charge in [-0.3, -0.25) is 0 Å². The lowest BCUT2D eigenvalue weighted by Crippen LogP contribution is -2.39. The number of H-pyrrole nitrogens is 1. The zero-order valence-corrected chi connectivity index (χ0v) is 13.5. The molecule has 0 saturated carbocycles. The van der Waals surface area contributed by atoms with E-state index in [0.29, 0.717) is 13.2 Å². The van der Waals surface area contributed by atoms with Crippen molar-refractivity contribution >= 4 is 23.3 Å². The van der Waals surface area contributed by atoms with Gasteiger partial charge in [-0.15, -0.1) is 0 Å². The Labute approximate surface area is 130 Å². The number of para-hydroxylation sites is 1. The van der Waals surface area contributed by atoms with Gasteiger partial charge in [-0.25, -0.2) is 0 Å². The molecule has 2 aromatic rings. The minimum absolute atomic E-state index is 0.0863. The largest absolute Gasteiger partial charge is 0.491 e. The lowest BCUT2D eigenvalue weighted by atomic mass is 9.94. The number of nitrogens with zero attached hydrogens (tertiary/aromatic N) is 1. The van der Waals surface area contributed by atoms with E-state index in [4.69, 9.17) is 21.7 Å². The van der Waals surface area contributed by atoms with Crippen LogP contribution in [0.2, 0.25) is 0 Å². The van der Waals surface area contributed by atoms with Crippen molar-refractivity contribution in [3.05, 3.63) is 23.0 Å². The smallest absolute Gasteiger partial charge is 0.178 e. The topological polar surface area (TPSA) is 39.2 Å². The van der Waals surface area contributed by atoms with Crippen LogP contribution in [-0.4, -0.2) is 29.4 Å². The summed E-state index contributed by atoms with van der Waals surface area (Å²) in [7, 11) is 0.